The Labute approximate surface area is 76.8 Å². The van der Waals surface area contributed by atoms with Crippen molar-refractivity contribution in [1.29, 1.82) is 0 Å². The maximum atomic E-state index is 6.02. The van der Waals surface area contributed by atoms with Crippen LogP contribution in [0.2, 0.25) is 0 Å². The molecule has 0 saturated carbocycles. The molecule has 0 heterocycles. The van der Waals surface area contributed by atoms with E-state index in [-0.39, 0.29) is 6.04 Å². The van der Waals surface area contributed by atoms with Crippen LogP contribution in [0.5, 0.6) is 0 Å². The van der Waals surface area contributed by atoms with Crippen LogP contribution < -0.4 is 5.73 Å². The van der Waals surface area contributed by atoms with Crippen molar-refractivity contribution in [3.63, 3.8) is 0 Å². The zero-order valence-corrected chi connectivity index (χ0v) is 7.38. The molecule has 1 aliphatic rings. The van der Waals surface area contributed by atoms with E-state index in [1.165, 1.54) is 0 Å². The lowest BCUT2D eigenvalue weighted by Crippen LogP contribution is -2.13. The number of hydrogen-bond donors (Lipinski definition) is 1. The molecule has 0 aliphatic heterocycles. The summed E-state index contributed by atoms with van der Waals surface area (Å²) >= 11 is 6.02. The van der Waals surface area contributed by atoms with Gasteiger partial charge in [0.15, 0.2) is 0 Å². The molecular weight excluding hydrogens is 170 g/mol. The van der Waals surface area contributed by atoms with Crippen LogP contribution in [0.1, 0.15) is 23.6 Å². The Hall–Kier alpha value is -0.790. The SMILES string of the molecule is NC1CC=C(Cl)c2ccccc21. The topological polar surface area (TPSA) is 26.0 Å². The van der Waals surface area contributed by atoms with Crippen LogP contribution in [-0.2, 0) is 0 Å². The summed E-state index contributed by atoms with van der Waals surface area (Å²) in [4.78, 5) is 0. The largest absolute Gasteiger partial charge is 0.324 e. The van der Waals surface area contributed by atoms with Crippen molar-refractivity contribution < 1.29 is 0 Å². The smallest absolute Gasteiger partial charge is 0.0442 e. The Balaban J connectivity index is 2.58. The van der Waals surface area contributed by atoms with Crippen molar-refractivity contribution >= 4 is 16.6 Å². The minimum Gasteiger partial charge on any atom is -0.324 e. The fraction of sp³-hybridized carbons (Fsp3) is 0.200. The normalized spacial score (nSPS) is 21.5. The van der Waals surface area contributed by atoms with Gasteiger partial charge in [0.1, 0.15) is 0 Å². The zero-order chi connectivity index (χ0) is 8.55. The van der Waals surface area contributed by atoms with Crippen LogP contribution in [-0.4, -0.2) is 0 Å². The van der Waals surface area contributed by atoms with Gasteiger partial charge in [0.05, 0.1) is 0 Å². The summed E-state index contributed by atoms with van der Waals surface area (Å²) in [5, 5.41) is 0.826. The van der Waals surface area contributed by atoms with E-state index in [0.29, 0.717) is 0 Å². The molecule has 0 radical (unpaired) electrons. The molecule has 12 heavy (non-hydrogen) atoms. The summed E-state index contributed by atoms with van der Waals surface area (Å²) < 4.78 is 0. The van der Waals surface area contributed by atoms with Gasteiger partial charge in [-0.3, -0.25) is 0 Å². The van der Waals surface area contributed by atoms with Crippen molar-refractivity contribution in [2.75, 3.05) is 0 Å². The van der Waals surface area contributed by atoms with E-state index in [1.807, 2.05) is 30.3 Å². The monoisotopic (exact) mass is 179 g/mol. The summed E-state index contributed by atoms with van der Waals surface area (Å²) in [6, 6.07) is 8.13. The third kappa shape index (κ3) is 1.15. The molecule has 0 bridgehead atoms. The minimum atomic E-state index is 0.115. The lowest BCUT2D eigenvalue weighted by molar-refractivity contribution is 0.732. The first-order valence-corrected chi connectivity index (χ1v) is 4.37. The highest BCUT2D eigenvalue weighted by molar-refractivity contribution is 6.49. The van der Waals surface area contributed by atoms with E-state index in [1.54, 1.807) is 0 Å². The second-order valence-electron chi connectivity index (χ2n) is 2.98. The second-order valence-corrected chi connectivity index (χ2v) is 3.39. The second kappa shape index (κ2) is 2.92. The van der Waals surface area contributed by atoms with Crippen LogP contribution in [0, 0.1) is 0 Å². The molecule has 1 atom stereocenters. The molecule has 2 heteroatoms. The average molecular weight is 180 g/mol. The maximum Gasteiger partial charge on any atom is 0.0442 e. The van der Waals surface area contributed by atoms with E-state index in [0.717, 1.165) is 22.6 Å². The van der Waals surface area contributed by atoms with Gasteiger partial charge in [0.2, 0.25) is 0 Å². The molecule has 62 valence electrons. The standard InChI is InChI=1S/C10H10ClN/c11-9-5-6-10(12)8-4-2-1-3-7(8)9/h1-5,10H,6,12H2. The highest BCUT2D eigenvalue weighted by Gasteiger charge is 2.15. The van der Waals surface area contributed by atoms with Crippen molar-refractivity contribution in [3.8, 4) is 0 Å². The van der Waals surface area contributed by atoms with E-state index in [2.05, 4.69) is 0 Å². The van der Waals surface area contributed by atoms with E-state index < -0.39 is 0 Å². The van der Waals surface area contributed by atoms with Crippen LogP contribution in [0.25, 0.3) is 5.03 Å². The molecule has 1 aromatic carbocycles. The molecule has 0 amide bonds. The molecule has 0 saturated heterocycles. The molecule has 2 rings (SSSR count). The third-order valence-electron chi connectivity index (χ3n) is 2.17. The van der Waals surface area contributed by atoms with Gasteiger partial charge >= 0.3 is 0 Å². The minimum absolute atomic E-state index is 0.115. The Bertz CT molecular complexity index is 330. The first kappa shape index (κ1) is 7.84. The Morgan fingerprint density at radius 2 is 2.08 bits per heavy atom. The summed E-state index contributed by atoms with van der Waals surface area (Å²) in [6.45, 7) is 0. The number of rotatable bonds is 0. The van der Waals surface area contributed by atoms with Crippen LogP contribution in [0.15, 0.2) is 30.3 Å². The van der Waals surface area contributed by atoms with Crippen molar-refractivity contribution in [1.82, 2.24) is 0 Å². The van der Waals surface area contributed by atoms with Crippen molar-refractivity contribution in [3.05, 3.63) is 41.5 Å². The van der Waals surface area contributed by atoms with Gasteiger partial charge in [0, 0.05) is 11.1 Å². The van der Waals surface area contributed by atoms with E-state index in [4.69, 9.17) is 17.3 Å². The Morgan fingerprint density at radius 3 is 2.83 bits per heavy atom. The van der Waals surface area contributed by atoms with Gasteiger partial charge in [-0.1, -0.05) is 41.9 Å². The van der Waals surface area contributed by atoms with Gasteiger partial charge in [-0.15, -0.1) is 0 Å². The van der Waals surface area contributed by atoms with Crippen molar-refractivity contribution in [2.24, 2.45) is 5.73 Å². The van der Waals surface area contributed by atoms with Gasteiger partial charge in [0.25, 0.3) is 0 Å². The number of halogens is 1. The summed E-state index contributed by atoms with van der Waals surface area (Å²) in [7, 11) is 0. The maximum absolute atomic E-state index is 6.02. The summed E-state index contributed by atoms with van der Waals surface area (Å²) in [5.74, 6) is 0. The van der Waals surface area contributed by atoms with Gasteiger partial charge in [-0.2, -0.15) is 0 Å². The van der Waals surface area contributed by atoms with Crippen LogP contribution in [0.3, 0.4) is 0 Å². The molecule has 1 aliphatic carbocycles. The number of benzene rings is 1. The molecule has 0 spiro atoms. The molecule has 1 aromatic rings. The van der Waals surface area contributed by atoms with Gasteiger partial charge in [-0.25, -0.2) is 0 Å². The summed E-state index contributed by atoms with van der Waals surface area (Å²) in [5.41, 5.74) is 8.14. The lowest BCUT2D eigenvalue weighted by Gasteiger charge is -2.19. The molecular formula is C10H10ClN. The average Bonchev–Trinajstić information content (AvgIpc) is 2.12. The predicted octanol–water partition coefficient (Wildman–Crippen LogP) is 2.67. The molecule has 0 fully saturated rings. The highest BCUT2D eigenvalue weighted by Crippen LogP contribution is 2.33. The summed E-state index contributed by atoms with van der Waals surface area (Å²) in [6.07, 6.45) is 2.82. The Morgan fingerprint density at radius 1 is 1.33 bits per heavy atom. The number of nitrogens with two attached hydrogens (primary N) is 1. The predicted molar refractivity (Wildman–Crippen MR) is 51.8 cm³/mol. The van der Waals surface area contributed by atoms with E-state index >= 15 is 0 Å². The quantitative estimate of drug-likeness (QED) is 0.651. The fourth-order valence-electron chi connectivity index (χ4n) is 1.51. The first-order valence-electron chi connectivity index (χ1n) is 3.99. The number of fused-ring (bicyclic) bond motifs is 1. The molecule has 0 aromatic heterocycles. The third-order valence-corrected chi connectivity index (χ3v) is 2.53. The Kier molecular flexibility index (Phi) is 1.91. The molecule has 2 N–H and O–H groups in total. The van der Waals surface area contributed by atoms with Gasteiger partial charge < -0.3 is 5.73 Å². The zero-order valence-electron chi connectivity index (χ0n) is 6.63. The lowest BCUT2D eigenvalue weighted by atomic mass is 9.93. The number of hydrogen-bond acceptors (Lipinski definition) is 1. The van der Waals surface area contributed by atoms with E-state index in [9.17, 15) is 0 Å². The highest BCUT2D eigenvalue weighted by atomic mass is 35.5. The first-order chi connectivity index (χ1) is 5.79. The molecule has 1 nitrogen and oxygen atoms in total. The molecule has 1 unspecified atom stereocenters. The van der Waals surface area contributed by atoms with Crippen LogP contribution >= 0.6 is 11.6 Å². The van der Waals surface area contributed by atoms with Crippen LogP contribution in [0.4, 0.5) is 0 Å². The fourth-order valence-corrected chi connectivity index (χ4v) is 1.77. The van der Waals surface area contributed by atoms with Gasteiger partial charge in [-0.05, 0) is 17.5 Å². The van der Waals surface area contributed by atoms with Crippen molar-refractivity contribution in [2.45, 2.75) is 12.5 Å².